The molecule has 1 amide bonds. The zero-order chi connectivity index (χ0) is 11.4. The quantitative estimate of drug-likeness (QED) is 0.659. The fraction of sp³-hybridized carbons (Fsp3) is 0.556. The number of carbonyl (C=O) groups excluding carboxylic acids is 1. The Bertz CT molecular complexity index is 344. The molecule has 0 aliphatic carbocycles. The van der Waals surface area contributed by atoms with E-state index in [2.05, 4.69) is 10.3 Å². The smallest absolute Gasteiger partial charge is 0.231 e. The number of nitrogens with two attached hydrogens (primary N) is 1. The maximum atomic E-state index is 10.5. The Kier molecular flexibility index (Phi) is 3.68. The molecule has 0 saturated heterocycles. The summed E-state index contributed by atoms with van der Waals surface area (Å²) < 4.78 is 1.97. The summed E-state index contributed by atoms with van der Waals surface area (Å²) in [6.45, 7) is 0.767. The van der Waals surface area contributed by atoms with Crippen molar-refractivity contribution in [2.45, 2.75) is 6.54 Å². The summed E-state index contributed by atoms with van der Waals surface area (Å²) in [6.07, 6.45) is 1.78. The standard InChI is InChI=1S/C9H17N5O/c1-13(2)9-12-5-7(14(9)3)4-11-6-8(10)15/h5,11H,4,6H2,1-3H3,(H2,10,15). The van der Waals surface area contributed by atoms with Crippen LogP contribution in [0.5, 0.6) is 0 Å². The van der Waals surface area contributed by atoms with Crippen molar-refractivity contribution in [3.05, 3.63) is 11.9 Å². The molecule has 0 spiro atoms. The molecule has 6 heteroatoms. The van der Waals surface area contributed by atoms with E-state index in [1.54, 1.807) is 6.20 Å². The van der Waals surface area contributed by atoms with Crippen LogP contribution in [-0.2, 0) is 18.4 Å². The molecule has 0 unspecified atom stereocenters. The molecule has 1 rings (SSSR count). The lowest BCUT2D eigenvalue weighted by Crippen LogP contribution is -2.28. The molecule has 1 aromatic heterocycles. The summed E-state index contributed by atoms with van der Waals surface area (Å²) in [5.74, 6) is 0.524. The van der Waals surface area contributed by atoms with Crippen LogP contribution in [0, 0.1) is 0 Å². The van der Waals surface area contributed by atoms with Gasteiger partial charge in [-0.1, -0.05) is 0 Å². The average Bonchev–Trinajstić information content (AvgIpc) is 2.47. The van der Waals surface area contributed by atoms with Crippen LogP contribution in [0.25, 0.3) is 0 Å². The fourth-order valence-electron chi connectivity index (χ4n) is 1.33. The topological polar surface area (TPSA) is 76.2 Å². The summed E-state index contributed by atoms with van der Waals surface area (Å²) in [6, 6.07) is 0. The van der Waals surface area contributed by atoms with Gasteiger partial charge in [-0.25, -0.2) is 4.98 Å². The summed E-state index contributed by atoms with van der Waals surface area (Å²) in [5, 5.41) is 2.94. The molecule has 15 heavy (non-hydrogen) atoms. The minimum absolute atomic E-state index is 0.183. The maximum Gasteiger partial charge on any atom is 0.231 e. The first-order valence-electron chi connectivity index (χ1n) is 4.69. The van der Waals surface area contributed by atoms with Gasteiger partial charge in [0.05, 0.1) is 18.4 Å². The highest BCUT2D eigenvalue weighted by Crippen LogP contribution is 2.10. The molecule has 0 bridgehead atoms. The monoisotopic (exact) mass is 211 g/mol. The Labute approximate surface area is 89.1 Å². The van der Waals surface area contributed by atoms with Gasteiger partial charge in [0, 0.05) is 27.7 Å². The number of hydrogen-bond donors (Lipinski definition) is 2. The molecule has 3 N–H and O–H groups in total. The van der Waals surface area contributed by atoms with Crippen LogP contribution in [0.1, 0.15) is 5.69 Å². The van der Waals surface area contributed by atoms with E-state index < -0.39 is 0 Å². The third kappa shape index (κ3) is 2.95. The van der Waals surface area contributed by atoms with E-state index in [1.807, 2.05) is 30.6 Å². The van der Waals surface area contributed by atoms with E-state index >= 15 is 0 Å². The van der Waals surface area contributed by atoms with E-state index in [1.165, 1.54) is 0 Å². The van der Waals surface area contributed by atoms with Crippen LogP contribution in [0.2, 0.25) is 0 Å². The minimum Gasteiger partial charge on any atom is -0.369 e. The van der Waals surface area contributed by atoms with Gasteiger partial charge in [-0.05, 0) is 0 Å². The Balaban J connectivity index is 2.59. The summed E-state index contributed by atoms with van der Waals surface area (Å²) in [4.78, 5) is 16.7. The predicted molar refractivity (Wildman–Crippen MR) is 58.4 cm³/mol. The lowest BCUT2D eigenvalue weighted by Gasteiger charge is -2.12. The molecule has 0 aromatic carbocycles. The van der Waals surface area contributed by atoms with Gasteiger partial charge in [0.15, 0.2) is 0 Å². The lowest BCUT2D eigenvalue weighted by atomic mass is 10.4. The molecule has 0 aliphatic heterocycles. The van der Waals surface area contributed by atoms with Gasteiger partial charge in [0.2, 0.25) is 11.9 Å². The van der Waals surface area contributed by atoms with Gasteiger partial charge in [-0.2, -0.15) is 0 Å². The molecule has 1 aromatic rings. The van der Waals surface area contributed by atoms with E-state index in [4.69, 9.17) is 5.73 Å². The van der Waals surface area contributed by atoms with Crippen LogP contribution >= 0.6 is 0 Å². The number of primary amides is 1. The van der Waals surface area contributed by atoms with Crippen molar-refractivity contribution in [2.24, 2.45) is 12.8 Å². The van der Waals surface area contributed by atoms with Crippen LogP contribution in [0.4, 0.5) is 5.95 Å². The number of anilines is 1. The largest absolute Gasteiger partial charge is 0.369 e. The SMILES string of the molecule is CN(C)c1ncc(CNCC(N)=O)n1C. The van der Waals surface area contributed by atoms with E-state index in [9.17, 15) is 4.79 Å². The first-order valence-corrected chi connectivity index (χ1v) is 4.69. The van der Waals surface area contributed by atoms with Crippen molar-refractivity contribution in [2.75, 3.05) is 25.5 Å². The molecule has 0 aliphatic rings. The maximum absolute atomic E-state index is 10.5. The number of imidazole rings is 1. The number of hydrogen-bond acceptors (Lipinski definition) is 4. The molecule has 1 heterocycles. The molecule has 6 nitrogen and oxygen atoms in total. The van der Waals surface area contributed by atoms with Crippen molar-refractivity contribution < 1.29 is 4.79 Å². The second-order valence-electron chi connectivity index (χ2n) is 3.57. The number of aromatic nitrogens is 2. The molecular formula is C9H17N5O. The summed E-state index contributed by atoms with van der Waals surface area (Å²) in [7, 11) is 5.80. The fourth-order valence-corrected chi connectivity index (χ4v) is 1.33. The van der Waals surface area contributed by atoms with Crippen molar-refractivity contribution in [3.63, 3.8) is 0 Å². The van der Waals surface area contributed by atoms with Gasteiger partial charge in [0.25, 0.3) is 0 Å². The van der Waals surface area contributed by atoms with Gasteiger partial charge in [-0.3, -0.25) is 4.79 Å². The van der Waals surface area contributed by atoms with Crippen molar-refractivity contribution in [3.8, 4) is 0 Å². The third-order valence-electron chi connectivity index (χ3n) is 2.07. The Morgan fingerprint density at radius 1 is 1.67 bits per heavy atom. The number of nitrogens with one attached hydrogen (secondary N) is 1. The zero-order valence-corrected chi connectivity index (χ0v) is 9.32. The second kappa shape index (κ2) is 4.79. The van der Waals surface area contributed by atoms with Crippen LogP contribution < -0.4 is 16.0 Å². The van der Waals surface area contributed by atoms with Crippen LogP contribution in [-0.4, -0.2) is 36.1 Å². The number of carbonyl (C=O) groups is 1. The highest BCUT2D eigenvalue weighted by Gasteiger charge is 2.07. The van der Waals surface area contributed by atoms with Gasteiger partial charge < -0.3 is 20.5 Å². The normalized spacial score (nSPS) is 10.3. The summed E-state index contributed by atoms with van der Waals surface area (Å²) >= 11 is 0. The highest BCUT2D eigenvalue weighted by molar-refractivity contribution is 5.75. The molecule has 0 atom stereocenters. The van der Waals surface area contributed by atoms with Crippen molar-refractivity contribution in [1.82, 2.24) is 14.9 Å². The second-order valence-corrected chi connectivity index (χ2v) is 3.57. The molecule has 0 fully saturated rings. The number of amides is 1. The molecule has 0 saturated carbocycles. The van der Waals surface area contributed by atoms with Gasteiger partial charge in [-0.15, -0.1) is 0 Å². The van der Waals surface area contributed by atoms with Gasteiger partial charge in [0.1, 0.15) is 0 Å². The number of nitrogens with zero attached hydrogens (tertiary/aromatic N) is 3. The molecule has 0 radical (unpaired) electrons. The average molecular weight is 211 g/mol. The Morgan fingerprint density at radius 2 is 2.33 bits per heavy atom. The Morgan fingerprint density at radius 3 is 2.80 bits per heavy atom. The third-order valence-corrected chi connectivity index (χ3v) is 2.07. The van der Waals surface area contributed by atoms with E-state index in [0.717, 1.165) is 11.6 Å². The summed E-state index contributed by atoms with van der Waals surface area (Å²) in [5.41, 5.74) is 6.03. The number of rotatable bonds is 5. The first kappa shape index (κ1) is 11.5. The molecular weight excluding hydrogens is 194 g/mol. The Hall–Kier alpha value is -1.56. The van der Waals surface area contributed by atoms with Gasteiger partial charge >= 0.3 is 0 Å². The first-order chi connectivity index (χ1) is 7.02. The van der Waals surface area contributed by atoms with Crippen molar-refractivity contribution in [1.29, 1.82) is 0 Å². The highest BCUT2D eigenvalue weighted by atomic mass is 16.1. The predicted octanol–water partition coefficient (Wildman–Crippen LogP) is -0.939. The lowest BCUT2D eigenvalue weighted by molar-refractivity contribution is -0.117. The molecule has 84 valence electrons. The van der Waals surface area contributed by atoms with Crippen LogP contribution in [0.15, 0.2) is 6.20 Å². The zero-order valence-electron chi connectivity index (χ0n) is 9.32. The minimum atomic E-state index is -0.356. The van der Waals surface area contributed by atoms with E-state index in [0.29, 0.717) is 6.54 Å². The van der Waals surface area contributed by atoms with E-state index in [-0.39, 0.29) is 12.5 Å². The van der Waals surface area contributed by atoms with Crippen molar-refractivity contribution >= 4 is 11.9 Å². The van der Waals surface area contributed by atoms with Crippen LogP contribution in [0.3, 0.4) is 0 Å².